The molecule has 1 atom stereocenters. The van der Waals surface area contributed by atoms with E-state index in [0.717, 1.165) is 48.4 Å². The molecule has 1 unspecified atom stereocenters. The third kappa shape index (κ3) is 5.02. The molecule has 0 bridgehead atoms. The van der Waals surface area contributed by atoms with E-state index >= 15 is 0 Å². The fraction of sp³-hybridized carbons (Fsp3) is 0.174. The first kappa shape index (κ1) is 24.5. The number of hydrogen-bond acceptors (Lipinski definition) is 7. The van der Waals surface area contributed by atoms with Crippen molar-refractivity contribution < 1.29 is 36.9 Å². The van der Waals surface area contributed by atoms with Crippen molar-refractivity contribution in [1.82, 2.24) is 9.97 Å². The van der Waals surface area contributed by atoms with Crippen molar-refractivity contribution >= 4 is 42.1 Å². The SMILES string of the molecule is O=C(c1c(F)cccc1F)N(COP(=O)([O-])O)c1cnc(-c2cc3oc(C4CC4)cc3cc2Cl)cn1. The quantitative estimate of drug-likeness (QED) is 0.265. The van der Waals surface area contributed by atoms with E-state index in [9.17, 15) is 23.0 Å². The Kier molecular flexibility index (Phi) is 6.36. The second kappa shape index (κ2) is 9.34. The predicted octanol–water partition coefficient (Wildman–Crippen LogP) is 4.78. The van der Waals surface area contributed by atoms with E-state index in [0.29, 0.717) is 27.0 Å². The number of fused-ring (bicyclic) bond motifs is 1. The lowest BCUT2D eigenvalue weighted by molar-refractivity contribution is -0.219. The molecule has 0 radical (unpaired) electrons. The first-order valence-corrected chi connectivity index (χ1v) is 12.5. The Morgan fingerprint density at radius 3 is 2.56 bits per heavy atom. The van der Waals surface area contributed by atoms with Crippen LogP contribution in [0.3, 0.4) is 0 Å². The predicted molar refractivity (Wildman–Crippen MR) is 123 cm³/mol. The molecule has 2 heterocycles. The van der Waals surface area contributed by atoms with Crippen LogP contribution < -0.4 is 9.79 Å². The van der Waals surface area contributed by atoms with Gasteiger partial charge in [0, 0.05) is 16.9 Å². The summed E-state index contributed by atoms with van der Waals surface area (Å²) < 4.78 is 49.7. The molecule has 9 nitrogen and oxygen atoms in total. The van der Waals surface area contributed by atoms with E-state index in [2.05, 4.69) is 14.5 Å². The third-order valence-electron chi connectivity index (χ3n) is 5.57. The molecule has 0 spiro atoms. The van der Waals surface area contributed by atoms with Gasteiger partial charge in [0.05, 0.1) is 23.1 Å². The average Bonchev–Trinajstić information content (AvgIpc) is 3.58. The zero-order valence-corrected chi connectivity index (χ0v) is 19.9. The Morgan fingerprint density at radius 1 is 1.22 bits per heavy atom. The van der Waals surface area contributed by atoms with Crippen LogP contribution in [0.4, 0.5) is 14.6 Å². The molecule has 2 aromatic carbocycles. The van der Waals surface area contributed by atoms with Gasteiger partial charge in [-0.3, -0.25) is 23.8 Å². The molecule has 2 aromatic heterocycles. The van der Waals surface area contributed by atoms with E-state index < -0.39 is 37.7 Å². The highest BCUT2D eigenvalue weighted by Crippen LogP contribution is 2.43. The number of hydrogen-bond donors (Lipinski definition) is 1. The number of phosphoric ester groups is 1. The number of phosphoric acid groups is 1. The molecule has 1 amide bonds. The van der Waals surface area contributed by atoms with Crippen molar-refractivity contribution in [3.63, 3.8) is 0 Å². The summed E-state index contributed by atoms with van der Waals surface area (Å²) in [5.74, 6) is -2.68. The summed E-state index contributed by atoms with van der Waals surface area (Å²) >= 11 is 6.44. The number of carbonyl (C=O) groups excluding carboxylic acids is 1. The fourth-order valence-corrected chi connectivity index (χ4v) is 4.17. The molecule has 36 heavy (non-hydrogen) atoms. The molecule has 0 saturated heterocycles. The molecule has 13 heteroatoms. The molecule has 5 rings (SSSR count). The van der Waals surface area contributed by atoms with Gasteiger partial charge in [0.2, 0.25) is 0 Å². The zero-order chi connectivity index (χ0) is 25.6. The maximum atomic E-state index is 14.2. The normalized spacial score (nSPS) is 15.1. The first-order valence-electron chi connectivity index (χ1n) is 10.6. The number of benzene rings is 2. The molecule has 1 aliphatic rings. The molecular weight excluding hydrogens is 519 g/mol. The van der Waals surface area contributed by atoms with Crippen molar-refractivity contribution in [2.24, 2.45) is 0 Å². The van der Waals surface area contributed by atoms with Gasteiger partial charge in [-0.05, 0) is 43.2 Å². The van der Waals surface area contributed by atoms with E-state index in [1.165, 1.54) is 6.20 Å². The summed E-state index contributed by atoms with van der Waals surface area (Å²) in [4.78, 5) is 41.8. The van der Waals surface area contributed by atoms with Gasteiger partial charge in [-0.25, -0.2) is 13.8 Å². The Balaban J connectivity index is 1.49. The van der Waals surface area contributed by atoms with Gasteiger partial charge in [0.1, 0.15) is 35.3 Å². The number of halogens is 3. The van der Waals surface area contributed by atoms with Gasteiger partial charge in [-0.2, -0.15) is 0 Å². The topological polar surface area (TPSA) is 129 Å². The minimum absolute atomic E-state index is 0.289. The number of aromatic nitrogens is 2. The standard InChI is InChI=1S/C23H17ClF2N3O6P/c24-15-6-13-7-19(12-4-5-12)35-20(13)8-14(15)18-9-28-21(10-27-18)29(11-34-36(31,32)33)23(30)22-16(25)2-1-3-17(22)26/h1-3,6-10,12H,4-5,11H2,(H2,31,32,33)/p-1. The number of nitrogens with zero attached hydrogens (tertiary/aromatic N) is 3. The summed E-state index contributed by atoms with van der Waals surface area (Å²) in [5, 5.41) is 1.20. The Morgan fingerprint density at radius 2 is 1.94 bits per heavy atom. The largest absolute Gasteiger partial charge is 0.756 e. The Hall–Kier alpha value is -3.21. The van der Waals surface area contributed by atoms with Crippen molar-refractivity contribution in [1.29, 1.82) is 0 Å². The summed E-state index contributed by atoms with van der Waals surface area (Å²) in [6.07, 6.45) is 4.45. The lowest BCUT2D eigenvalue weighted by atomic mass is 10.1. The lowest BCUT2D eigenvalue weighted by Crippen LogP contribution is -2.35. The third-order valence-corrected chi connectivity index (χ3v) is 6.32. The fourth-order valence-electron chi connectivity index (χ4n) is 3.64. The highest BCUT2D eigenvalue weighted by molar-refractivity contribution is 7.44. The van der Waals surface area contributed by atoms with Crippen LogP contribution in [-0.2, 0) is 9.09 Å². The van der Waals surface area contributed by atoms with Crippen LogP contribution in [0.2, 0.25) is 5.02 Å². The lowest BCUT2D eigenvalue weighted by Gasteiger charge is -2.24. The molecule has 1 aliphatic carbocycles. The van der Waals surface area contributed by atoms with Gasteiger partial charge in [0.25, 0.3) is 13.7 Å². The Bertz CT molecular complexity index is 1500. The number of anilines is 1. The summed E-state index contributed by atoms with van der Waals surface area (Å²) in [7, 11) is -5.29. The van der Waals surface area contributed by atoms with Gasteiger partial charge in [0.15, 0.2) is 5.82 Å². The maximum absolute atomic E-state index is 14.2. The van der Waals surface area contributed by atoms with Gasteiger partial charge >= 0.3 is 0 Å². The average molecular weight is 535 g/mol. The number of carbonyl (C=O) groups is 1. The van der Waals surface area contributed by atoms with E-state index in [1.807, 2.05) is 6.07 Å². The van der Waals surface area contributed by atoms with Crippen LogP contribution in [0, 0.1) is 11.6 Å². The van der Waals surface area contributed by atoms with Crippen molar-refractivity contribution in [2.45, 2.75) is 18.8 Å². The molecule has 4 aromatic rings. The molecule has 0 aliphatic heterocycles. The molecular formula is C23H16ClF2N3O6P-. The van der Waals surface area contributed by atoms with Crippen molar-refractivity contribution in [3.8, 4) is 11.3 Å². The smallest absolute Gasteiger partial charge is 0.267 e. The molecule has 186 valence electrons. The Labute approximate surface area is 207 Å². The van der Waals surface area contributed by atoms with Crippen LogP contribution in [0.15, 0.2) is 53.2 Å². The summed E-state index contributed by atoms with van der Waals surface area (Å²) in [6, 6.07) is 8.15. The summed E-state index contributed by atoms with van der Waals surface area (Å²) in [5.41, 5.74) is 0.408. The number of furan rings is 1. The van der Waals surface area contributed by atoms with Crippen LogP contribution in [0.25, 0.3) is 22.2 Å². The van der Waals surface area contributed by atoms with Crippen LogP contribution >= 0.6 is 19.4 Å². The van der Waals surface area contributed by atoms with Crippen molar-refractivity contribution in [3.05, 3.63) is 76.8 Å². The van der Waals surface area contributed by atoms with Gasteiger partial charge in [-0.1, -0.05) is 17.7 Å². The van der Waals surface area contributed by atoms with Crippen molar-refractivity contribution in [2.75, 3.05) is 11.6 Å². The molecule has 1 saturated carbocycles. The van der Waals surface area contributed by atoms with Crippen LogP contribution in [0.5, 0.6) is 0 Å². The second-order valence-electron chi connectivity index (χ2n) is 8.11. The van der Waals surface area contributed by atoms with E-state index in [1.54, 1.807) is 12.1 Å². The summed E-state index contributed by atoms with van der Waals surface area (Å²) in [6.45, 7) is -1.11. The maximum Gasteiger partial charge on any atom is 0.267 e. The number of rotatable bonds is 7. The van der Waals surface area contributed by atoms with Crippen LogP contribution in [0.1, 0.15) is 34.9 Å². The van der Waals surface area contributed by atoms with Gasteiger partial charge < -0.3 is 14.2 Å². The molecule has 1 fully saturated rings. The second-order valence-corrected chi connectivity index (χ2v) is 9.71. The zero-order valence-electron chi connectivity index (χ0n) is 18.2. The van der Waals surface area contributed by atoms with E-state index in [-0.39, 0.29) is 11.5 Å². The first-order chi connectivity index (χ1) is 17.1. The minimum Gasteiger partial charge on any atom is -0.756 e. The van der Waals surface area contributed by atoms with E-state index in [4.69, 9.17) is 20.9 Å². The monoisotopic (exact) mass is 534 g/mol. The highest BCUT2D eigenvalue weighted by Gasteiger charge is 2.28. The highest BCUT2D eigenvalue weighted by atomic mass is 35.5. The van der Waals surface area contributed by atoms with Crippen LogP contribution in [-0.4, -0.2) is 27.5 Å². The minimum atomic E-state index is -5.29. The van der Waals surface area contributed by atoms with Gasteiger partial charge in [-0.15, -0.1) is 0 Å². The number of amides is 1. The molecule has 1 N–H and O–H groups in total.